The maximum absolute atomic E-state index is 11.8. The summed E-state index contributed by atoms with van der Waals surface area (Å²) in [6.45, 7) is 0.0848. The number of phenolic OH excluding ortho intramolecular Hbond substituents is 2. The van der Waals surface area contributed by atoms with Crippen LogP contribution in [0.4, 0.5) is 0 Å². The average Bonchev–Trinajstić information content (AvgIpc) is 3.55. The standard InChI is InChI=1S/C37H28O4P2/c38-30-21-23-32(42(26-13-5-1-6-14-26)27-15-7-2-8-16-27)34(36(30)39)35-33(24-22-31-37(35)41-25-40-31)43(28-17-9-3-10-18-28)29-19-11-4-12-20-29/h1-24,38-39H,25H2. The van der Waals surface area contributed by atoms with Crippen molar-refractivity contribution in [2.45, 2.75) is 0 Å². The van der Waals surface area contributed by atoms with Crippen molar-refractivity contribution in [3.8, 4) is 34.1 Å². The van der Waals surface area contributed by atoms with Crippen LogP contribution in [0.5, 0.6) is 23.0 Å². The molecule has 210 valence electrons. The second-order valence-electron chi connectivity index (χ2n) is 10.0. The van der Waals surface area contributed by atoms with Crippen LogP contribution in [0, 0.1) is 0 Å². The van der Waals surface area contributed by atoms with Gasteiger partial charge in [-0.25, -0.2) is 0 Å². The van der Waals surface area contributed by atoms with Gasteiger partial charge in [0, 0.05) is 11.1 Å². The Hall–Kier alpha value is -4.62. The number of hydrogen-bond acceptors (Lipinski definition) is 4. The van der Waals surface area contributed by atoms with Crippen molar-refractivity contribution in [1.82, 2.24) is 0 Å². The number of phenols is 2. The van der Waals surface area contributed by atoms with E-state index in [4.69, 9.17) is 9.47 Å². The predicted molar refractivity (Wildman–Crippen MR) is 179 cm³/mol. The molecule has 6 aromatic carbocycles. The van der Waals surface area contributed by atoms with E-state index < -0.39 is 15.8 Å². The molecule has 43 heavy (non-hydrogen) atoms. The minimum absolute atomic E-state index is 0.0848. The van der Waals surface area contributed by atoms with Crippen molar-refractivity contribution in [2.24, 2.45) is 0 Å². The third kappa shape index (κ3) is 5.14. The van der Waals surface area contributed by atoms with Crippen molar-refractivity contribution in [3.05, 3.63) is 146 Å². The lowest BCUT2D eigenvalue weighted by atomic mass is 10.0. The predicted octanol–water partition coefficient (Wildman–Crippen LogP) is 6.01. The summed E-state index contributed by atoms with van der Waals surface area (Å²) in [5.41, 5.74) is 1.31. The molecule has 0 bridgehead atoms. The van der Waals surface area contributed by atoms with Crippen molar-refractivity contribution in [1.29, 1.82) is 0 Å². The largest absolute Gasteiger partial charge is 0.504 e. The fourth-order valence-corrected chi connectivity index (χ4v) is 10.5. The molecular formula is C37H28O4P2. The van der Waals surface area contributed by atoms with Gasteiger partial charge in [-0.15, -0.1) is 0 Å². The second-order valence-corrected chi connectivity index (χ2v) is 14.4. The summed E-state index contributed by atoms with van der Waals surface area (Å²) in [4.78, 5) is 0. The molecular weight excluding hydrogens is 570 g/mol. The van der Waals surface area contributed by atoms with E-state index in [-0.39, 0.29) is 18.3 Å². The van der Waals surface area contributed by atoms with Crippen LogP contribution in [0.25, 0.3) is 11.1 Å². The maximum Gasteiger partial charge on any atom is 0.231 e. The molecule has 0 spiro atoms. The Kier molecular flexibility index (Phi) is 7.56. The first kappa shape index (κ1) is 27.2. The number of benzene rings is 6. The molecule has 0 aliphatic carbocycles. The Bertz CT molecular complexity index is 1790. The van der Waals surface area contributed by atoms with Gasteiger partial charge in [0.15, 0.2) is 23.0 Å². The second kappa shape index (κ2) is 11.9. The molecule has 0 atom stereocenters. The van der Waals surface area contributed by atoms with Gasteiger partial charge in [-0.05, 0) is 71.9 Å². The van der Waals surface area contributed by atoms with Crippen molar-refractivity contribution in [2.75, 3.05) is 6.79 Å². The smallest absolute Gasteiger partial charge is 0.231 e. The summed E-state index contributed by atoms with van der Waals surface area (Å²) in [6.07, 6.45) is 0. The SMILES string of the molecule is Oc1ccc(P(c2ccccc2)c2ccccc2)c(-c2c(P(c3ccccc3)c3ccccc3)ccc3c2OCO3)c1O. The van der Waals surface area contributed by atoms with E-state index in [0.29, 0.717) is 17.1 Å². The summed E-state index contributed by atoms with van der Waals surface area (Å²) in [7, 11) is -2.21. The third-order valence-corrected chi connectivity index (χ3v) is 12.4. The topological polar surface area (TPSA) is 58.9 Å². The Labute approximate surface area is 253 Å². The fraction of sp³-hybridized carbons (Fsp3) is 0.0270. The molecule has 2 N–H and O–H groups in total. The van der Waals surface area contributed by atoms with Crippen LogP contribution in [0.15, 0.2) is 146 Å². The zero-order valence-corrected chi connectivity index (χ0v) is 25.0. The van der Waals surface area contributed by atoms with E-state index in [2.05, 4.69) is 78.9 Å². The zero-order chi connectivity index (χ0) is 29.2. The van der Waals surface area contributed by atoms with Gasteiger partial charge in [-0.3, -0.25) is 0 Å². The van der Waals surface area contributed by atoms with Gasteiger partial charge in [0.2, 0.25) is 6.79 Å². The minimum Gasteiger partial charge on any atom is -0.504 e. The van der Waals surface area contributed by atoms with Crippen LogP contribution in [0.1, 0.15) is 0 Å². The normalized spacial score (nSPS) is 12.1. The van der Waals surface area contributed by atoms with Gasteiger partial charge in [-0.2, -0.15) is 0 Å². The highest BCUT2D eigenvalue weighted by atomic mass is 31.1. The lowest BCUT2D eigenvalue weighted by molar-refractivity contribution is 0.174. The molecule has 1 aliphatic heterocycles. The van der Waals surface area contributed by atoms with E-state index >= 15 is 0 Å². The van der Waals surface area contributed by atoms with Gasteiger partial charge in [0.05, 0.1) is 0 Å². The van der Waals surface area contributed by atoms with Crippen LogP contribution in [-0.4, -0.2) is 17.0 Å². The third-order valence-electron chi connectivity index (χ3n) is 7.44. The van der Waals surface area contributed by atoms with Crippen LogP contribution in [0.3, 0.4) is 0 Å². The summed E-state index contributed by atoms with van der Waals surface area (Å²) in [6, 6.07) is 49.2. The van der Waals surface area contributed by atoms with E-state index in [1.54, 1.807) is 6.07 Å². The van der Waals surface area contributed by atoms with Crippen molar-refractivity contribution in [3.63, 3.8) is 0 Å². The van der Waals surface area contributed by atoms with Gasteiger partial charge >= 0.3 is 0 Å². The number of rotatable bonds is 7. The highest BCUT2D eigenvalue weighted by Crippen LogP contribution is 2.51. The first-order valence-electron chi connectivity index (χ1n) is 14.0. The number of ether oxygens (including phenoxy) is 2. The lowest BCUT2D eigenvalue weighted by Crippen LogP contribution is -2.26. The molecule has 6 aromatic rings. The van der Waals surface area contributed by atoms with Gasteiger partial charge < -0.3 is 19.7 Å². The molecule has 0 saturated carbocycles. The quantitative estimate of drug-likeness (QED) is 0.175. The van der Waals surface area contributed by atoms with Crippen molar-refractivity contribution < 1.29 is 19.7 Å². The average molecular weight is 599 g/mol. The van der Waals surface area contributed by atoms with E-state index in [1.165, 1.54) is 10.6 Å². The molecule has 4 nitrogen and oxygen atoms in total. The molecule has 6 heteroatoms. The number of hydrogen-bond donors (Lipinski definition) is 2. The Balaban J connectivity index is 1.57. The Morgan fingerprint density at radius 2 is 0.860 bits per heavy atom. The first-order valence-corrected chi connectivity index (χ1v) is 16.7. The molecule has 0 radical (unpaired) electrons. The van der Waals surface area contributed by atoms with E-state index in [9.17, 15) is 10.2 Å². The maximum atomic E-state index is 11.8. The van der Waals surface area contributed by atoms with Crippen LogP contribution < -0.4 is 41.3 Å². The van der Waals surface area contributed by atoms with Gasteiger partial charge in [0.25, 0.3) is 0 Å². The summed E-state index contributed by atoms with van der Waals surface area (Å²) in [5, 5.41) is 29.4. The fourth-order valence-electron chi connectivity index (χ4n) is 5.56. The summed E-state index contributed by atoms with van der Waals surface area (Å²) in [5.74, 6) is 0.849. The molecule has 0 amide bonds. The molecule has 0 aromatic heterocycles. The Morgan fingerprint density at radius 3 is 1.33 bits per heavy atom. The highest BCUT2D eigenvalue weighted by molar-refractivity contribution is 7.80. The molecule has 1 aliphatic rings. The first-order chi connectivity index (χ1) is 21.2. The number of fused-ring (bicyclic) bond motifs is 1. The summed E-state index contributed by atoms with van der Waals surface area (Å²) < 4.78 is 12.1. The number of aromatic hydroxyl groups is 2. The lowest BCUT2D eigenvalue weighted by Gasteiger charge is -2.27. The molecule has 0 unspecified atom stereocenters. The van der Waals surface area contributed by atoms with E-state index in [0.717, 1.165) is 26.8 Å². The Morgan fingerprint density at radius 1 is 0.442 bits per heavy atom. The van der Waals surface area contributed by atoms with E-state index in [1.807, 2.05) is 60.7 Å². The van der Waals surface area contributed by atoms with Gasteiger partial charge in [-0.1, -0.05) is 121 Å². The molecule has 7 rings (SSSR count). The van der Waals surface area contributed by atoms with Crippen molar-refractivity contribution >= 4 is 47.7 Å². The van der Waals surface area contributed by atoms with Crippen LogP contribution in [0.2, 0.25) is 0 Å². The highest BCUT2D eigenvalue weighted by Gasteiger charge is 2.33. The molecule has 0 fully saturated rings. The minimum atomic E-state index is -1.13. The zero-order valence-electron chi connectivity index (χ0n) is 23.2. The molecule has 1 heterocycles. The van der Waals surface area contributed by atoms with Crippen LogP contribution in [-0.2, 0) is 0 Å². The molecule has 0 saturated heterocycles. The van der Waals surface area contributed by atoms with Crippen LogP contribution >= 0.6 is 15.8 Å². The monoisotopic (exact) mass is 598 g/mol. The van der Waals surface area contributed by atoms with Gasteiger partial charge in [0.1, 0.15) is 0 Å². The summed E-state index contributed by atoms with van der Waals surface area (Å²) >= 11 is 0.